The van der Waals surface area contributed by atoms with Gasteiger partial charge < -0.3 is 24.6 Å². The Hall–Kier alpha value is -4.31. The first kappa shape index (κ1) is 24.4. The third-order valence-electron chi connectivity index (χ3n) is 5.97. The Bertz CT molecular complexity index is 1570. The van der Waals surface area contributed by atoms with Crippen molar-refractivity contribution in [2.75, 3.05) is 23.3 Å². The highest BCUT2D eigenvalue weighted by atomic mass is 16.5. The molecule has 0 aliphatic rings. The number of nitrogens with one attached hydrogen (secondary N) is 1. The van der Waals surface area contributed by atoms with Gasteiger partial charge in [0.1, 0.15) is 28.9 Å². The summed E-state index contributed by atoms with van der Waals surface area (Å²) in [6.45, 7) is 8.58. The Morgan fingerprint density at radius 2 is 1.89 bits per heavy atom. The van der Waals surface area contributed by atoms with Crippen LogP contribution in [0.5, 0.6) is 11.5 Å². The van der Waals surface area contributed by atoms with E-state index >= 15 is 0 Å². The van der Waals surface area contributed by atoms with E-state index in [0.717, 1.165) is 33.8 Å². The van der Waals surface area contributed by atoms with Crippen LogP contribution < -0.4 is 15.0 Å². The summed E-state index contributed by atoms with van der Waals surface area (Å²) in [6.07, 6.45) is 4.95. The summed E-state index contributed by atoms with van der Waals surface area (Å²) in [5.74, 6) is 2.57. The highest BCUT2D eigenvalue weighted by Gasteiger charge is 2.20. The molecule has 0 saturated heterocycles. The van der Waals surface area contributed by atoms with Gasteiger partial charge in [-0.1, -0.05) is 0 Å². The lowest BCUT2D eigenvalue weighted by atomic mass is 10.1. The van der Waals surface area contributed by atoms with Crippen LogP contribution in [-0.2, 0) is 7.05 Å². The molecule has 3 aromatic heterocycles. The van der Waals surface area contributed by atoms with Gasteiger partial charge in [0.25, 0.3) is 0 Å². The molecule has 2 aromatic carbocycles. The number of fused-ring (bicyclic) bond motifs is 2. The third-order valence-corrected chi connectivity index (χ3v) is 5.97. The zero-order chi connectivity index (χ0) is 26.2. The molecule has 10 nitrogen and oxygen atoms in total. The van der Waals surface area contributed by atoms with Gasteiger partial charge in [0.2, 0.25) is 5.95 Å². The van der Waals surface area contributed by atoms with Crippen LogP contribution in [0.4, 0.5) is 17.5 Å². The first-order valence-corrected chi connectivity index (χ1v) is 12.1. The number of likely N-dealkylation sites (N-methyl/N-ethyl adjacent to an activating group) is 1. The highest BCUT2D eigenvalue weighted by Crippen LogP contribution is 2.31. The van der Waals surface area contributed by atoms with Crippen molar-refractivity contribution in [2.45, 2.75) is 33.3 Å². The Morgan fingerprint density at radius 1 is 1.05 bits per heavy atom. The Morgan fingerprint density at radius 3 is 2.65 bits per heavy atom. The van der Waals surface area contributed by atoms with Crippen molar-refractivity contribution >= 4 is 39.5 Å². The molecule has 0 atom stereocenters. The van der Waals surface area contributed by atoms with Crippen LogP contribution in [0.3, 0.4) is 0 Å². The Labute approximate surface area is 215 Å². The van der Waals surface area contributed by atoms with Gasteiger partial charge in [-0.2, -0.15) is 0 Å². The van der Waals surface area contributed by atoms with Crippen LogP contribution >= 0.6 is 0 Å². The lowest BCUT2D eigenvalue weighted by molar-refractivity contribution is 0.0872. The van der Waals surface area contributed by atoms with Crippen LogP contribution in [-0.4, -0.2) is 53.3 Å². The van der Waals surface area contributed by atoms with Crippen molar-refractivity contribution in [3.05, 3.63) is 60.8 Å². The smallest absolute Gasteiger partial charge is 0.226 e. The second kappa shape index (κ2) is 9.62. The Balaban J connectivity index is 1.39. The van der Waals surface area contributed by atoms with E-state index in [-0.39, 0.29) is 0 Å². The fraction of sp³-hybridized carbons (Fsp3) is 0.296. The van der Waals surface area contributed by atoms with E-state index in [1.165, 1.54) is 6.33 Å². The standard InChI is InChI=1S/C27H30N8O2/c1-6-35(14-27(3,4)36)26-28-13-21-24(33-26)25(30-15-29-21)32-18-7-10-23(17(2)11-18)37-19-8-9-22-20(12-19)31-16-34(22)5/h7-13,15-16,36H,6,14H2,1-5H3,(H,29,30,32). The highest BCUT2D eigenvalue weighted by molar-refractivity contribution is 5.87. The molecule has 37 heavy (non-hydrogen) atoms. The molecule has 0 amide bonds. The van der Waals surface area contributed by atoms with E-state index in [0.29, 0.717) is 35.9 Å². The van der Waals surface area contributed by atoms with E-state index in [1.54, 1.807) is 26.4 Å². The summed E-state index contributed by atoms with van der Waals surface area (Å²) in [5, 5.41) is 13.6. The quantitative estimate of drug-likeness (QED) is 0.313. The largest absolute Gasteiger partial charge is 0.457 e. The molecule has 2 N–H and O–H groups in total. The maximum atomic E-state index is 10.3. The second-order valence-electron chi connectivity index (χ2n) is 9.67. The lowest BCUT2D eigenvalue weighted by Crippen LogP contribution is -2.39. The van der Waals surface area contributed by atoms with Gasteiger partial charge in [-0.15, -0.1) is 0 Å². The average Bonchev–Trinajstić information content (AvgIpc) is 3.23. The summed E-state index contributed by atoms with van der Waals surface area (Å²) in [5.41, 5.74) is 4.08. The molecule has 10 heteroatoms. The Kier molecular flexibility index (Phi) is 6.34. The molecule has 5 rings (SSSR count). The molecule has 0 bridgehead atoms. The maximum Gasteiger partial charge on any atom is 0.226 e. The first-order valence-electron chi connectivity index (χ1n) is 12.1. The van der Waals surface area contributed by atoms with E-state index in [1.807, 2.05) is 66.8 Å². The van der Waals surface area contributed by atoms with E-state index in [9.17, 15) is 5.11 Å². The fourth-order valence-electron chi connectivity index (χ4n) is 4.16. The first-order chi connectivity index (χ1) is 17.7. The number of hydrogen-bond donors (Lipinski definition) is 2. The van der Waals surface area contributed by atoms with Gasteiger partial charge in [-0.05, 0) is 63.6 Å². The summed E-state index contributed by atoms with van der Waals surface area (Å²) in [6, 6.07) is 11.7. The number of aryl methyl sites for hydroxylation is 2. The maximum absolute atomic E-state index is 10.3. The minimum absolute atomic E-state index is 0.402. The van der Waals surface area contributed by atoms with E-state index in [4.69, 9.17) is 9.72 Å². The number of aromatic nitrogens is 6. The van der Waals surface area contributed by atoms with Crippen molar-refractivity contribution in [1.29, 1.82) is 0 Å². The van der Waals surface area contributed by atoms with Crippen LogP contribution in [0.2, 0.25) is 0 Å². The number of aliphatic hydroxyl groups is 1. The minimum atomic E-state index is -0.882. The van der Waals surface area contributed by atoms with Gasteiger partial charge in [0.15, 0.2) is 5.82 Å². The monoisotopic (exact) mass is 498 g/mol. The number of rotatable bonds is 8. The predicted molar refractivity (Wildman–Crippen MR) is 145 cm³/mol. The topological polar surface area (TPSA) is 114 Å². The van der Waals surface area contributed by atoms with Gasteiger partial charge in [0, 0.05) is 31.9 Å². The van der Waals surface area contributed by atoms with E-state index < -0.39 is 5.60 Å². The van der Waals surface area contributed by atoms with Gasteiger partial charge in [-0.25, -0.2) is 24.9 Å². The number of anilines is 3. The summed E-state index contributed by atoms with van der Waals surface area (Å²) in [4.78, 5) is 24.3. The summed E-state index contributed by atoms with van der Waals surface area (Å²) in [7, 11) is 1.97. The molecule has 0 radical (unpaired) electrons. The van der Waals surface area contributed by atoms with Gasteiger partial charge in [-0.3, -0.25) is 0 Å². The molecule has 0 saturated carbocycles. The number of imidazole rings is 1. The zero-order valence-corrected chi connectivity index (χ0v) is 21.6. The molecular weight excluding hydrogens is 468 g/mol. The van der Waals surface area contributed by atoms with Crippen molar-refractivity contribution in [3.8, 4) is 11.5 Å². The molecule has 0 spiro atoms. The SMILES string of the molecule is CCN(CC(C)(C)O)c1ncc2ncnc(Nc3ccc(Oc4ccc5c(c4)ncn5C)c(C)c3)c2n1. The molecule has 0 aliphatic carbocycles. The molecule has 0 aliphatic heterocycles. The summed E-state index contributed by atoms with van der Waals surface area (Å²) >= 11 is 0. The average molecular weight is 499 g/mol. The van der Waals surface area contributed by atoms with Gasteiger partial charge in [0.05, 0.1) is 29.2 Å². The zero-order valence-electron chi connectivity index (χ0n) is 21.6. The number of benzene rings is 2. The number of hydrogen-bond acceptors (Lipinski definition) is 9. The number of ether oxygens (including phenoxy) is 1. The lowest BCUT2D eigenvalue weighted by Gasteiger charge is -2.28. The molecule has 3 heterocycles. The van der Waals surface area contributed by atoms with Crippen LogP contribution in [0.1, 0.15) is 26.3 Å². The summed E-state index contributed by atoms with van der Waals surface area (Å²) < 4.78 is 8.12. The normalized spacial score (nSPS) is 11.7. The van der Waals surface area contributed by atoms with Crippen LogP contribution in [0, 0.1) is 6.92 Å². The molecule has 0 unspecified atom stereocenters. The second-order valence-corrected chi connectivity index (χ2v) is 9.67. The van der Waals surface area contributed by atoms with Crippen molar-refractivity contribution in [3.63, 3.8) is 0 Å². The molecule has 190 valence electrons. The van der Waals surface area contributed by atoms with Crippen molar-refractivity contribution < 1.29 is 9.84 Å². The minimum Gasteiger partial charge on any atom is -0.457 e. The van der Waals surface area contributed by atoms with E-state index in [2.05, 4.69) is 25.3 Å². The van der Waals surface area contributed by atoms with Crippen LogP contribution in [0.25, 0.3) is 22.1 Å². The third kappa shape index (κ3) is 5.29. The molecule has 0 fully saturated rings. The fourth-order valence-corrected chi connectivity index (χ4v) is 4.16. The van der Waals surface area contributed by atoms with Gasteiger partial charge >= 0.3 is 0 Å². The van der Waals surface area contributed by atoms with Crippen LogP contribution in [0.15, 0.2) is 55.2 Å². The molecular formula is C27H30N8O2. The predicted octanol–water partition coefficient (Wildman–Crippen LogP) is 4.75. The van der Waals surface area contributed by atoms with Crippen molar-refractivity contribution in [1.82, 2.24) is 29.5 Å². The number of nitrogens with zero attached hydrogens (tertiary/aromatic N) is 7. The molecule has 5 aromatic rings. The van der Waals surface area contributed by atoms with Crippen molar-refractivity contribution in [2.24, 2.45) is 7.05 Å².